The van der Waals surface area contributed by atoms with E-state index in [0.29, 0.717) is 12.8 Å². The van der Waals surface area contributed by atoms with Crippen LogP contribution in [0.5, 0.6) is 0 Å². The van der Waals surface area contributed by atoms with E-state index in [2.05, 4.69) is 4.99 Å². The summed E-state index contributed by atoms with van der Waals surface area (Å²) in [4.78, 5) is 15.4. The van der Waals surface area contributed by atoms with Gasteiger partial charge in [-0.2, -0.15) is 0 Å². The Balaban J connectivity index is 2.79. The topological polar surface area (TPSA) is 29.4 Å². The zero-order chi connectivity index (χ0) is 10.4. The predicted octanol–water partition coefficient (Wildman–Crippen LogP) is 2.47. The Morgan fingerprint density at radius 1 is 1.29 bits per heavy atom. The monoisotopic (exact) mass is 189 g/mol. The van der Waals surface area contributed by atoms with E-state index in [1.165, 1.54) is 0 Å². The molecule has 1 aromatic rings. The van der Waals surface area contributed by atoms with E-state index in [1.54, 1.807) is 7.05 Å². The molecule has 0 N–H and O–H groups in total. The van der Waals surface area contributed by atoms with Gasteiger partial charge in [0.25, 0.3) is 0 Å². The number of carbonyl (C=O) groups excluding carboxylic acids is 1. The number of rotatable bonds is 4. The van der Waals surface area contributed by atoms with Gasteiger partial charge in [-0.3, -0.25) is 9.79 Å². The van der Waals surface area contributed by atoms with Crippen molar-refractivity contribution in [3.05, 3.63) is 35.9 Å². The van der Waals surface area contributed by atoms with E-state index < -0.39 is 0 Å². The molecule has 0 aliphatic heterocycles. The molecule has 2 nitrogen and oxygen atoms in total. The fraction of sp³-hybridized carbons (Fsp3) is 0.333. The minimum atomic E-state index is 0.231. The number of benzene rings is 1. The van der Waals surface area contributed by atoms with Crippen molar-refractivity contribution in [3.63, 3.8) is 0 Å². The van der Waals surface area contributed by atoms with E-state index in [9.17, 15) is 4.79 Å². The lowest BCUT2D eigenvalue weighted by atomic mass is 10.0. The van der Waals surface area contributed by atoms with Gasteiger partial charge in [0.1, 0.15) is 5.78 Å². The molecule has 0 saturated carbocycles. The SMILES string of the molecule is CCC(=O)CC(=NC)c1ccccc1. The second-order valence-corrected chi connectivity index (χ2v) is 3.11. The van der Waals surface area contributed by atoms with Crippen LogP contribution in [-0.4, -0.2) is 18.5 Å². The summed E-state index contributed by atoms with van der Waals surface area (Å²) < 4.78 is 0. The van der Waals surface area contributed by atoms with Crippen molar-refractivity contribution in [2.24, 2.45) is 4.99 Å². The number of hydrogen-bond donors (Lipinski definition) is 0. The lowest BCUT2D eigenvalue weighted by Crippen LogP contribution is -2.08. The van der Waals surface area contributed by atoms with Gasteiger partial charge in [0.2, 0.25) is 0 Å². The average molecular weight is 189 g/mol. The summed E-state index contributed by atoms with van der Waals surface area (Å²) in [6.45, 7) is 1.88. The molecule has 0 bridgehead atoms. The second kappa shape index (κ2) is 5.32. The summed E-state index contributed by atoms with van der Waals surface area (Å²) in [6.07, 6.45) is 1.02. The summed E-state index contributed by atoms with van der Waals surface area (Å²) in [5.74, 6) is 0.231. The van der Waals surface area contributed by atoms with E-state index in [0.717, 1.165) is 11.3 Å². The third-order valence-corrected chi connectivity index (χ3v) is 2.14. The zero-order valence-electron chi connectivity index (χ0n) is 8.66. The second-order valence-electron chi connectivity index (χ2n) is 3.11. The Kier molecular flexibility index (Phi) is 4.05. The van der Waals surface area contributed by atoms with Gasteiger partial charge in [0, 0.05) is 25.6 Å². The number of Topliss-reactive ketones (excluding diaryl/α,β-unsaturated/α-hetero) is 1. The van der Waals surface area contributed by atoms with Gasteiger partial charge < -0.3 is 0 Å². The van der Waals surface area contributed by atoms with Crippen LogP contribution in [0.4, 0.5) is 0 Å². The van der Waals surface area contributed by atoms with E-state index in [1.807, 2.05) is 37.3 Å². The molecule has 0 aliphatic rings. The molecule has 74 valence electrons. The van der Waals surface area contributed by atoms with Crippen LogP contribution in [-0.2, 0) is 4.79 Å². The predicted molar refractivity (Wildman–Crippen MR) is 58.8 cm³/mol. The summed E-state index contributed by atoms with van der Waals surface area (Å²) in [5.41, 5.74) is 1.91. The zero-order valence-corrected chi connectivity index (χ0v) is 8.66. The highest BCUT2D eigenvalue weighted by atomic mass is 16.1. The molecule has 14 heavy (non-hydrogen) atoms. The minimum Gasteiger partial charge on any atom is -0.299 e. The third kappa shape index (κ3) is 2.80. The van der Waals surface area contributed by atoms with Crippen molar-refractivity contribution < 1.29 is 4.79 Å². The lowest BCUT2D eigenvalue weighted by molar-refractivity contribution is -0.117. The first-order valence-electron chi connectivity index (χ1n) is 4.80. The summed E-state index contributed by atoms with van der Waals surface area (Å²) in [7, 11) is 1.73. The van der Waals surface area contributed by atoms with Gasteiger partial charge in [0.15, 0.2) is 0 Å². The van der Waals surface area contributed by atoms with Crippen LogP contribution in [0.25, 0.3) is 0 Å². The molecule has 0 fully saturated rings. The van der Waals surface area contributed by atoms with Gasteiger partial charge in [-0.15, -0.1) is 0 Å². The molecule has 0 atom stereocenters. The van der Waals surface area contributed by atoms with Crippen molar-refractivity contribution in [2.45, 2.75) is 19.8 Å². The van der Waals surface area contributed by atoms with Gasteiger partial charge in [-0.05, 0) is 5.56 Å². The first kappa shape index (κ1) is 10.6. The maximum absolute atomic E-state index is 11.3. The molecular weight excluding hydrogens is 174 g/mol. The van der Waals surface area contributed by atoms with Gasteiger partial charge in [-0.1, -0.05) is 37.3 Å². The van der Waals surface area contributed by atoms with Crippen LogP contribution >= 0.6 is 0 Å². The molecule has 0 aliphatic carbocycles. The first-order chi connectivity index (χ1) is 6.77. The molecule has 0 radical (unpaired) electrons. The van der Waals surface area contributed by atoms with Crippen LogP contribution in [0.2, 0.25) is 0 Å². The molecule has 0 spiro atoms. The van der Waals surface area contributed by atoms with Crippen LogP contribution in [0.1, 0.15) is 25.3 Å². The number of hydrogen-bond acceptors (Lipinski definition) is 2. The minimum absolute atomic E-state index is 0.231. The normalized spacial score (nSPS) is 11.4. The van der Waals surface area contributed by atoms with Crippen LogP contribution in [0, 0.1) is 0 Å². The highest BCUT2D eigenvalue weighted by molar-refractivity contribution is 6.10. The third-order valence-electron chi connectivity index (χ3n) is 2.14. The molecule has 0 aromatic heterocycles. The van der Waals surface area contributed by atoms with Gasteiger partial charge in [0.05, 0.1) is 0 Å². The van der Waals surface area contributed by atoms with Gasteiger partial charge >= 0.3 is 0 Å². The smallest absolute Gasteiger partial charge is 0.138 e. The van der Waals surface area contributed by atoms with Crippen molar-refractivity contribution in [3.8, 4) is 0 Å². The molecule has 0 saturated heterocycles. The average Bonchev–Trinajstić information content (AvgIpc) is 2.26. The molecule has 0 unspecified atom stereocenters. The molecule has 1 rings (SSSR count). The van der Waals surface area contributed by atoms with Crippen molar-refractivity contribution in [2.75, 3.05) is 7.05 Å². The fourth-order valence-electron chi connectivity index (χ4n) is 1.25. The molecular formula is C12H15NO. The summed E-state index contributed by atoms with van der Waals surface area (Å²) in [6, 6.07) is 9.82. The van der Waals surface area contributed by atoms with Gasteiger partial charge in [-0.25, -0.2) is 0 Å². The highest BCUT2D eigenvalue weighted by Gasteiger charge is 2.06. The highest BCUT2D eigenvalue weighted by Crippen LogP contribution is 2.05. The van der Waals surface area contributed by atoms with Crippen molar-refractivity contribution >= 4 is 11.5 Å². The van der Waals surface area contributed by atoms with Crippen LogP contribution < -0.4 is 0 Å². The van der Waals surface area contributed by atoms with E-state index >= 15 is 0 Å². The quantitative estimate of drug-likeness (QED) is 0.669. The van der Waals surface area contributed by atoms with Crippen LogP contribution in [0.3, 0.4) is 0 Å². The number of aliphatic imine (C=N–C) groups is 1. The lowest BCUT2D eigenvalue weighted by Gasteiger charge is -2.03. The fourth-order valence-corrected chi connectivity index (χ4v) is 1.25. The maximum Gasteiger partial charge on any atom is 0.138 e. The first-order valence-corrected chi connectivity index (χ1v) is 4.80. The van der Waals surface area contributed by atoms with Crippen molar-refractivity contribution in [1.29, 1.82) is 0 Å². The standard InChI is InChI=1S/C12H15NO/c1-3-11(14)9-12(13-2)10-7-5-4-6-8-10/h4-8H,3,9H2,1-2H3. The Morgan fingerprint density at radius 2 is 1.93 bits per heavy atom. The summed E-state index contributed by atoms with van der Waals surface area (Å²) >= 11 is 0. The Bertz CT molecular complexity index is 327. The molecule has 0 heterocycles. The largest absolute Gasteiger partial charge is 0.299 e. The Labute approximate surface area is 84.7 Å². The number of carbonyl (C=O) groups is 1. The van der Waals surface area contributed by atoms with Crippen LogP contribution in [0.15, 0.2) is 35.3 Å². The van der Waals surface area contributed by atoms with E-state index in [-0.39, 0.29) is 5.78 Å². The molecule has 1 aromatic carbocycles. The summed E-state index contributed by atoms with van der Waals surface area (Å²) in [5, 5.41) is 0. The Hall–Kier alpha value is -1.44. The molecule has 0 amide bonds. The Morgan fingerprint density at radius 3 is 2.43 bits per heavy atom. The molecule has 2 heteroatoms. The van der Waals surface area contributed by atoms with E-state index in [4.69, 9.17) is 0 Å². The number of ketones is 1. The van der Waals surface area contributed by atoms with Crippen molar-refractivity contribution in [1.82, 2.24) is 0 Å². The maximum atomic E-state index is 11.3. The number of nitrogens with zero attached hydrogens (tertiary/aromatic N) is 1.